The van der Waals surface area contributed by atoms with Crippen LogP contribution in [0, 0.1) is 0 Å². The number of methoxy groups -OCH3 is 1. The lowest BCUT2D eigenvalue weighted by Gasteiger charge is -2.21. The molecule has 0 unspecified atom stereocenters. The summed E-state index contributed by atoms with van der Waals surface area (Å²) < 4.78 is 13.0. The van der Waals surface area contributed by atoms with Crippen molar-refractivity contribution in [3.05, 3.63) is 42.7 Å². The predicted octanol–water partition coefficient (Wildman–Crippen LogP) is 4.28. The standard InChI is InChI=1S/C21H26N4O3S/c1-4-12-24(13-5-2)19(26)15-29-21-23-22-20(18-11-8-14-28-18)25(21)16-9-6-7-10-17(16)27-3/h6-11,14H,4-5,12-13,15H2,1-3H3. The van der Waals surface area contributed by atoms with Crippen molar-refractivity contribution in [3.63, 3.8) is 0 Å². The minimum atomic E-state index is 0.104. The number of para-hydroxylation sites is 2. The van der Waals surface area contributed by atoms with Gasteiger partial charge in [-0.2, -0.15) is 0 Å². The Bertz CT molecular complexity index is 918. The fourth-order valence-corrected chi connectivity index (χ4v) is 3.93. The molecule has 0 N–H and O–H groups in total. The molecule has 7 nitrogen and oxygen atoms in total. The number of carbonyl (C=O) groups is 1. The molecule has 0 saturated carbocycles. The first-order valence-corrected chi connectivity index (χ1v) is 10.7. The second-order valence-electron chi connectivity index (χ2n) is 6.46. The lowest BCUT2D eigenvalue weighted by Crippen LogP contribution is -2.33. The highest BCUT2D eigenvalue weighted by Gasteiger charge is 2.22. The Kier molecular flexibility index (Phi) is 7.35. The number of thioether (sulfide) groups is 1. The number of carbonyl (C=O) groups excluding carboxylic acids is 1. The highest BCUT2D eigenvalue weighted by Crippen LogP contribution is 2.32. The molecule has 0 aliphatic carbocycles. The molecule has 0 radical (unpaired) electrons. The molecule has 0 bridgehead atoms. The summed E-state index contributed by atoms with van der Waals surface area (Å²) in [5.74, 6) is 2.25. The van der Waals surface area contributed by atoms with E-state index in [-0.39, 0.29) is 5.91 Å². The van der Waals surface area contributed by atoms with E-state index in [1.165, 1.54) is 11.8 Å². The van der Waals surface area contributed by atoms with Crippen molar-refractivity contribution in [1.82, 2.24) is 19.7 Å². The van der Waals surface area contributed by atoms with Crippen LogP contribution < -0.4 is 4.74 Å². The highest BCUT2D eigenvalue weighted by atomic mass is 32.2. The number of benzene rings is 1. The summed E-state index contributed by atoms with van der Waals surface area (Å²) in [6, 6.07) is 11.3. The molecule has 1 amide bonds. The summed E-state index contributed by atoms with van der Waals surface area (Å²) in [7, 11) is 1.62. The SMILES string of the molecule is CCCN(CCC)C(=O)CSc1nnc(-c2ccco2)n1-c1ccccc1OC. The van der Waals surface area contributed by atoms with Gasteiger partial charge in [0.25, 0.3) is 0 Å². The molecule has 0 fully saturated rings. The smallest absolute Gasteiger partial charge is 0.233 e. The van der Waals surface area contributed by atoms with E-state index in [4.69, 9.17) is 9.15 Å². The Hall–Kier alpha value is -2.74. The van der Waals surface area contributed by atoms with Gasteiger partial charge in [0.05, 0.1) is 24.8 Å². The lowest BCUT2D eigenvalue weighted by molar-refractivity contribution is -0.128. The van der Waals surface area contributed by atoms with Gasteiger partial charge in [-0.1, -0.05) is 37.7 Å². The highest BCUT2D eigenvalue weighted by molar-refractivity contribution is 7.99. The number of aromatic nitrogens is 3. The first kappa shape index (κ1) is 21.0. The first-order valence-electron chi connectivity index (χ1n) is 9.72. The third-order valence-electron chi connectivity index (χ3n) is 4.37. The summed E-state index contributed by atoms with van der Waals surface area (Å²) in [6.45, 7) is 5.70. The molecule has 3 aromatic rings. The minimum absolute atomic E-state index is 0.104. The molecule has 1 aromatic carbocycles. The molecule has 3 rings (SSSR count). The Morgan fingerprint density at radius 3 is 2.55 bits per heavy atom. The molecule has 2 aromatic heterocycles. The molecular formula is C21H26N4O3S. The van der Waals surface area contributed by atoms with E-state index in [1.807, 2.05) is 39.8 Å². The van der Waals surface area contributed by atoms with Crippen molar-refractivity contribution in [2.75, 3.05) is 26.0 Å². The van der Waals surface area contributed by atoms with Crippen LogP contribution in [-0.4, -0.2) is 51.5 Å². The van der Waals surface area contributed by atoms with Gasteiger partial charge < -0.3 is 14.1 Å². The zero-order chi connectivity index (χ0) is 20.6. The summed E-state index contributed by atoms with van der Waals surface area (Å²) in [4.78, 5) is 14.6. The minimum Gasteiger partial charge on any atom is -0.495 e. The molecule has 0 atom stereocenters. The number of ether oxygens (including phenoxy) is 1. The van der Waals surface area contributed by atoms with Crippen molar-refractivity contribution in [2.45, 2.75) is 31.8 Å². The van der Waals surface area contributed by atoms with Gasteiger partial charge in [0, 0.05) is 13.1 Å². The number of hydrogen-bond acceptors (Lipinski definition) is 6. The maximum atomic E-state index is 12.7. The topological polar surface area (TPSA) is 73.4 Å². The van der Waals surface area contributed by atoms with Gasteiger partial charge in [0.1, 0.15) is 5.75 Å². The summed E-state index contributed by atoms with van der Waals surface area (Å²) in [6.07, 6.45) is 3.48. The van der Waals surface area contributed by atoms with E-state index in [2.05, 4.69) is 24.0 Å². The van der Waals surface area contributed by atoms with Crippen molar-refractivity contribution >= 4 is 17.7 Å². The van der Waals surface area contributed by atoms with Crippen LogP contribution in [0.2, 0.25) is 0 Å². The van der Waals surface area contributed by atoms with Crippen LogP contribution in [0.15, 0.2) is 52.2 Å². The van der Waals surface area contributed by atoms with E-state index in [0.29, 0.717) is 28.2 Å². The van der Waals surface area contributed by atoms with Crippen LogP contribution in [0.4, 0.5) is 0 Å². The number of nitrogens with zero attached hydrogens (tertiary/aromatic N) is 4. The van der Waals surface area contributed by atoms with Crippen LogP contribution in [0.1, 0.15) is 26.7 Å². The van der Waals surface area contributed by atoms with Crippen LogP contribution in [0.3, 0.4) is 0 Å². The molecule has 0 spiro atoms. The Balaban J connectivity index is 1.92. The Morgan fingerprint density at radius 2 is 1.90 bits per heavy atom. The summed E-state index contributed by atoms with van der Waals surface area (Å²) in [5, 5.41) is 9.27. The summed E-state index contributed by atoms with van der Waals surface area (Å²) >= 11 is 1.37. The van der Waals surface area contributed by atoms with Crippen LogP contribution >= 0.6 is 11.8 Å². The number of furan rings is 1. The fourth-order valence-electron chi connectivity index (χ4n) is 3.08. The van der Waals surface area contributed by atoms with Crippen LogP contribution in [-0.2, 0) is 4.79 Å². The van der Waals surface area contributed by atoms with Crippen molar-refractivity contribution in [1.29, 1.82) is 0 Å². The zero-order valence-electron chi connectivity index (χ0n) is 17.0. The van der Waals surface area contributed by atoms with E-state index in [1.54, 1.807) is 19.4 Å². The molecule has 0 saturated heterocycles. The molecule has 2 heterocycles. The monoisotopic (exact) mass is 414 g/mol. The third-order valence-corrected chi connectivity index (χ3v) is 5.28. The van der Waals surface area contributed by atoms with Crippen LogP contribution in [0.5, 0.6) is 5.75 Å². The van der Waals surface area contributed by atoms with Gasteiger partial charge in [-0.3, -0.25) is 9.36 Å². The molecule has 0 aliphatic heterocycles. The van der Waals surface area contributed by atoms with Gasteiger partial charge in [0.2, 0.25) is 11.7 Å². The van der Waals surface area contributed by atoms with Crippen molar-refractivity contribution in [3.8, 4) is 23.0 Å². The molecule has 8 heteroatoms. The Morgan fingerprint density at radius 1 is 1.14 bits per heavy atom. The van der Waals surface area contributed by atoms with Gasteiger partial charge in [-0.05, 0) is 37.1 Å². The second kappa shape index (κ2) is 10.2. The molecule has 29 heavy (non-hydrogen) atoms. The van der Waals surface area contributed by atoms with Gasteiger partial charge in [-0.15, -0.1) is 10.2 Å². The molecule has 0 aliphatic rings. The number of hydrogen-bond donors (Lipinski definition) is 0. The van der Waals surface area contributed by atoms with Gasteiger partial charge >= 0.3 is 0 Å². The Labute approximate surface area is 175 Å². The first-order chi connectivity index (χ1) is 14.2. The number of amides is 1. The maximum absolute atomic E-state index is 12.7. The van der Waals surface area contributed by atoms with E-state index in [0.717, 1.165) is 31.6 Å². The molecular weight excluding hydrogens is 388 g/mol. The quantitative estimate of drug-likeness (QED) is 0.461. The predicted molar refractivity (Wildman–Crippen MR) is 113 cm³/mol. The van der Waals surface area contributed by atoms with Gasteiger partial charge in [0.15, 0.2) is 10.9 Å². The zero-order valence-corrected chi connectivity index (χ0v) is 17.8. The lowest BCUT2D eigenvalue weighted by atomic mass is 10.3. The van der Waals surface area contributed by atoms with E-state index < -0.39 is 0 Å². The van der Waals surface area contributed by atoms with Crippen molar-refractivity contribution < 1.29 is 13.9 Å². The average molecular weight is 415 g/mol. The maximum Gasteiger partial charge on any atom is 0.233 e. The van der Waals surface area contributed by atoms with Crippen molar-refractivity contribution in [2.24, 2.45) is 0 Å². The third kappa shape index (κ3) is 4.82. The fraction of sp³-hybridized carbons (Fsp3) is 0.381. The second-order valence-corrected chi connectivity index (χ2v) is 7.40. The molecule has 154 valence electrons. The largest absolute Gasteiger partial charge is 0.495 e. The van der Waals surface area contributed by atoms with Gasteiger partial charge in [-0.25, -0.2) is 0 Å². The number of rotatable bonds is 10. The normalized spacial score (nSPS) is 10.9. The average Bonchev–Trinajstić information content (AvgIpc) is 3.41. The summed E-state index contributed by atoms with van der Waals surface area (Å²) in [5.41, 5.74) is 0.792. The van der Waals surface area contributed by atoms with E-state index >= 15 is 0 Å². The van der Waals surface area contributed by atoms with E-state index in [9.17, 15) is 4.79 Å². The van der Waals surface area contributed by atoms with Crippen LogP contribution in [0.25, 0.3) is 17.3 Å².